The van der Waals surface area contributed by atoms with Gasteiger partial charge in [0.15, 0.2) is 17.5 Å². The first-order valence-electron chi connectivity index (χ1n) is 17.1. The van der Waals surface area contributed by atoms with E-state index in [-0.39, 0.29) is 0 Å². The molecule has 0 saturated carbocycles. The van der Waals surface area contributed by atoms with Crippen molar-refractivity contribution in [2.75, 3.05) is 0 Å². The Morgan fingerprint density at radius 1 is 0.314 bits per heavy atom. The van der Waals surface area contributed by atoms with Crippen LogP contribution in [0.25, 0.3) is 99.9 Å². The lowest BCUT2D eigenvalue weighted by molar-refractivity contribution is 0.669. The Kier molecular flexibility index (Phi) is 6.78. The minimum atomic E-state index is 0.600. The van der Waals surface area contributed by atoms with E-state index in [0.29, 0.717) is 17.5 Å². The summed E-state index contributed by atoms with van der Waals surface area (Å²) in [7, 11) is 0. The molecule has 8 aromatic carbocycles. The molecule has 0 saturated heterocycles. The van der Waals surface area contributed by atoms with Crippen LogP contribution >= 0.6 is 0 Å². The van der Waals surface area contributed by atoms with Gasteiger partial charge in [-0.2, -0.15) is 0 Å². The van der Waals surface area contributed by atoms with Gasteiger partial charge in [-0.05, 0) is 80.2 Å². The van der Waals surface area contributed by atoms with Crippen LogP contribution in [0.15, 0.2) is 180 Å². The summed E-state index contributed by atoms with van der Waals surface area (Å²) in [6.07, 6.45) is 0. The number of aromatic nitrogens is 3. The average Bonchev–Trinajstić information content (AvgIpc) is 3.59. The van der Waals surface area contributed by atoms with E-state index in [0.717, 1.165) is 65.9 Å². The van der Waals surface area contributed by atoms with Crippen LogP contribution in [0.1, 0.15) is 0 Å². The summed E-state index contributed by atoms with van der Waals surface area (Å²) in [5, 5.41) is 6.60. The maximum absolute atomic E-state index is 6.47. The zero-order chi connectivity index (χ0) is 33.7. The molecule has 0 fully saturated rings. The van der Waals surface area contributed by atoms with Gasteiger partial charge in [-0.1, -0.05) is 140 Å². The number of nitrogens with zero attached hydrogens (tertiary/aromatic N) is 3. The van der Waals surface area contributed by atoms with E-state index >= 15 is 0 Å². The van der Waals surface area contributed by atoms with Gasteiger partial charge in [-0.25, -0.2) is 15.0 Å². The Morgan fingerprint density at radius 3 is 1.51 bits per heavy atom. The molecule has 0 radical (unpaired) electrons. The van der Waals surface area contributed by atoms with Crippen molar-refractivity contribution < 1.29 is 4.42 Å². The summed E-state index contributed by atoms with van der Waals surface area (Å²) >= 11 is 0. The molecule has 2 aromatic heterocycles. The third kappa shape index (κ3) is 5.22. The maximum Gasteiger partial charge on any atom is 0.164 e. The number of hydrogen-bond donors (Lipinski definition) is 0. The fourth-order valence-corrected chi connectivity index (χ4v) is 7.10. The zero-order valence-electron chi connectivity index (χ0n) is 27.5. The summed E-state index contributed by atoms with van der Waals surface area (Å²) in [5.41, 5.74) is 9.02. The topological polar surface area (TPSA) is 51.8 Å². The molecule has 4 nitrogen and oxygen atoms in total. The first kappa shape index (κ1) is 29.0. The largest absolute Gasteiger partial charge is 0.456 e. The lowest BCUT2D eigenvalue weighted by atomic mass is 9.99. The Balaban J connectivity index is 1.15. The molecule has 0 bridgehead atoms. The van der Waals surface area contributed by atoms with Crippen LogP contribution < -0.4 is 0 Å². The molecule has 238 valence electrons. The molecule has 0 amide bonds. The van der Waals surface area contributed by atoms with Crippen molar-refractivity contribution >= 4 is 43.5 Å². The lowest BCUT2D eigenvalue weighted by Crippen LogP contribution is -2.00. The highest BCUT2D eigenvalue weighted by Crippen LogP contribution is 2.38. The molecule has 0 aliphatic rings. The van der Waals surface area contributed by atoms with Gasteiger partial charge in [0.25, 0.3) is 0 Å². The van der Waals surface area contributed by atoms with Crippen LogP contribution in [-0.2, 0) is 0 Å². The monoisotopic (exact) mass is 651 g/mol. The Hall–Kier alpha value is -6.91. The van der Waals surface area contributed by atoms with Gasteiger partial charge >= 0.3 is 0 Å². The normalized spacial score (nSPS) is 11.5. The van der Waals surface area contributed by atoms with E-state index in [1.165, 1.54) is 16.5 Å². The fourth-order valence-electron chi connectivity index (χ4n) is 7.10. The molecule has 2 heterocycles. The minimum absolute atomic E-state index is 0.600. The second-order valence-corrected chi connectivity index (χ2v) is 12.9. The fraction of sp³-hybridized carbons (Fsp3) is 0. The molecule has 4 heteroatoms. The number of hydrogen-bond acceptors (Lipinski definition) is 4. The standard InChI is InChI=1S/C47H29N3O/c1-3-10-30(11-4-1)34-19-20-36-28-39(23-21-35(36)26-34)46-48-45(38-22-18-32-14-7-8-15-33(32)27-38)49-47(50-46)41-16-9-17-42-44(41)40-25-24-37(29-43(40)51-42)31-12-5-2-6-13-31/h1-29H. The third-order valence-corrected chi connectivity index (χ3v) is 9.69. The molecule has 0 aliphatic heterocycles. The summed E-state index contributed by atoms with van der Waals surface area (Å²) in [6, 6.07) is 61.1. The predicted molar refractivity (Wildman–Crippen MR) is 209 cm³/mol. The summed E-state index contributed by atoms with van der Waals surface area (Å²) in [4.78, 5) is 15.4. The van der Waals surface area contributed by atoms with E-state index in [1.807, 2.05) is 24.3 Å². The molecular formula is C47H29N3O. The van der Waals surface area contributed by atoms with Crippen molar-refractivity contribution in [2.24, 2.45) is 0 Å². The Morgan fingerprint density at radius 2 is 0.824 bits per heavy atom. The van der Waals surface area contributed by atoms with Crippen molar-refractivity contribution in [3.05, 3.63) is 176 Å². The van der Waals surface area contributed by atoms with Gasteiger partial charge in [0.1, 0.15) is 11.2 Å². The van der Waals surface area contributed by atoms with Gasteiger partial charge in [0.05, 0.1) is 0 Å². The second kappa shape index (κ2) is 11.9. The van der Waals surface area contributed by atoms with Crippen LogP contribution in [0, 0.1) is 0 Å². The molecule has 0 atom stereocenters. The maximum atomic E-state index is 6.47. The molecule has 0 N–H and O–H groups in total. The summed E-state index contributed by atoms with van der Waals surface area (Å²) < 4.78 is 6.47. The van der Waals surface area contributed by atoms with Crippen molar-refractivity contribution in [3.63, 3.8) is 0 Å². The van der Waals surface area contributed by atoms with E-state index in [1.54, 1.807) is 0 Å². The number of furan rings is 1. The second-order valence-electron chi connectivity index (χ2n) is 12.9. The highest BCUT2D eigenvalue weighted by atomic mass is 16.3. The molecule has 10 aromatic rings. The minimum Gasteiger partial charge on any atom is -0.456 e. The first-order chi connectivity index (χ1) is 25.2. The van der Waals surface area contributed by atoms with Crippen LogP contribution in [-0.4, -0.2) is 15.0 Å². The highest BCUT2D eigenvalue weighted by Gasteiger charge is 2.19. The van der Waals surface area contributed by atoms with Gasteiger partial charge < -0.3 is 4.42 Å². The van der Waals surface area contributed by atoms with Gasteiger partial charge in [-0.3, -0.25) is 0 Å². The molecule has 0 spiro atoms. The summed E-state index contributed by atoms with van der Waals surface area (Å²) in [5.74, 6) is 1.84. The smallest absolute Gasteiger partial charge is 0.164 e. The van der Waals surface area contributed by atoms with Gasteiger partial charge in [0, 0.05) is 27.5 Å². The Labute approximate surface area is 294 Å². The molecule has 10 rings (SSSR count). The van der Waals surface area contributed by atoms with E-state index in [9.17, 15) is 0 Å². The van der Waals surface area contributed by atoms with Crippen LogP contribution in [0.3, 0.4) is 0 Å². The molecular weight excluding hydrogens is 623 g/mol. The van der Waals surface area contributed by atoms with E-state index < -0.39 is 0 Å². The lowest BCUT2D eigenvalue weighted by Gasteiger charge is -2.11. The third-order valence-electron chi connectivity index (χ3n) is 9.69. The first-order valence-corrected chi connectivity index (χ1v) is 17.1. The predicted octanol–water partition coefficient (Wildman–Crippen LogP) is 12.4. The van der Waals surface area contributed by atoms with Crippen molar-refractivity contribution in [1.29, 1.82) is 0 Å². The number of benzene rings is 8. The quantitative estimate of drug-likeness (QED) is 0.186. The van der Waals surface area contributed by atoms with Crippen molar-refractivity contribution in [1.82, 2.24) is 15.0 Å². The van der Waals surface area contributed by atoms with Crippen molar-refractivity contribution in [3.8, 4) is 56.4 Å². The van der Waals surface area contributed by atoms with Gasteiger partial charge in [-0.15, -0.1) is 0 Å². The van der Waals surface area contributed by atoms with Crippen molar-refractivity contribution in [2.45, 2.75) is 0 Å². The zero-order valence-corrected chi connectivity index (χ0v) is 27.5. The number of rotatable bonds is 5. The van der Waals surface area contributed by atoms with Crippen LogP contribution in [0.4, 0.5) is 0 Å². The SMILES string of the molecule is c1ccc(-c2ccc3cc(-c4nc(-c5ccc6ccccc6c5)nc(-c5cccc6oc7cc(-c8ccccc8)ccc7c56)n4)ccc3c2)cc1. The van der Waals surface area contributed by atoms with E-state index in [2.05, 4.69) is 152 Å². The van der Waals surface area contributed by atoms with E-state index in [4.69, 9.17) is 19.4 Å². The number of fused-ring (bicyclic) bond motifs is 5. The van der Waals surface area contributed by atoms with Crippen LogP contribution in [0.5, 0.6) is 0 Å². The summed E-state index contributed by atoms with van der Waals surface area (Å²) in [6.45, 7) is 0. The highest BCUT2D eigenvalue weighted by molar-refractivity contribution is 6.12. The Bertz CT molecular complexity index is 2910. The average molecular weight is 652 g/mol. The molecule has 0 unspecified atom stereocenters. The van der Waals surface area contributed by atoms with Gasteiger partial charge in [0.2, 0.25) is 0 Å². The molecule has 51 heavy (non-hydrogen) atoms. The molecule has 0 aliphatic carbocycles. The van der Waals surface area contributed by atoms with Crippen LogP contribution in [0.2, 0.25) is 0 Å².